The minimum Gasteiger partial charge on any atom is -0.497 e. The summed E-state index contributed by atoms with van der Waals surface area (Å²) in [6, 6.07) is 11.5. The van der Waals surface area contributed by atoms with Gasteiger partial charge in [-0.25, -0.2) is 0 Å². The third-order valence-electron chi connectivity index (χ3n) is 4.90. The third kappa shape index (κ3) is 2.86. The summed E-state index contributed by atoms with van der Waals surface area (Å²) in [4.78, 5) is 19.0. The maximum atomic E-state index is 12.6. The average Bonchev–Trinajstić information content (AvgIpc) is 2.99. The average molecular weight is 335 g/mol. The number of benzene rings is 1. The van der Waals surface area contributed by atoms with Crippen LogP contribution in [-0.2, 0) is 13.5 Å². The number of hydrogen-bond acceptors (Lipinski definition) is 3. The van der Waals surface area contributed by atoms with Gasteiger partial charge < -0.3 is 14.2 Å². The van der Waals surface area contributed by atoms with Crippen LogP contribution in [0.15, 0.2) is 48.8 Å². The Morgan fingerprint density at radius 3 is 2.92 bits per heavy atom. The van der Waals surface area contributed by atoms with Crippen molar-refractivity contribution in [3.05, 3.63) is 60.0 Å². The Bertz CT molecular complexity index is 926. The molecule has 0 N–H and O–H groups in total. The van der Waals surface area contributed by atoms with Gasteiger partial charge in [0.05, 0.1) is 18.3 Å². The first kappa shape index (κ1) is 15.7. The predicted octanol–water partition coefficient (Wildman–Crippen LogP) is 2.90. The van der Waals surface area contributed by atoms with E-state index in [-0.39, 0.29) is 5.91 Å². The van der Waals surface area contributed by atoms with Gasteiger partial charge in [0.25, 0.3) is 5.91 Å². The van der Waals surface area contributed by atoms with Crippen LogP contribution in [0, 0.1) is 5.92 Å². The lowest BCUT2D eigenvalue weighted by Gasteiger charge is -2.39. The highest BCUT2D eigenvalue weighted by Crippen LogP contribution is 2.26. The minimum atomic E-state index is 0.0696. The van der Waals surface area contributed by atoms with E-state index in [4.69, 9.17) is 4.74 Å². The molecule has 1 saturated heterocycles. The van der Waals surface area contributed by atoms with Crippen LogP contribution >= 0.6 is 0 Å². The lowest BCUT2D eigenvalue weighted by Crippen LogP contribution is -2.50. The number of carbonyl (C=O) groups excluding carboxylic acids is 1. The Morgan fingerprint density at radius 2 is 2.12 bits per heavy atom. The molecule has 1 fully saturated rings. The van der Waals surface area contributed by atoms with Gasteiger partial charge in [-0.05, 0) is 42.7 Å². The summed E-state index contributed by atoms with van der Waals surface area (Å²) in [5, 5.41) is 1.22. The van der Waals surface area contributed by atoms with E-state index in [0.717, 1.165) is 25.2 Å². The fraction of sp³-hybridized carbons (Fsp3) is 0.300. The molecular formula is C20H21N3O2. The molecule has 4 rings (SSSR count). The van der Waals surface area contributed by atoms with Gasteiger partial charge >= 0.3 is 0 Å². The van der Waals surface area contributed by atoms with E-state index in [0.29, 0.717) is 17.2 Å². The monoisotopic (exact) mass is 335 g/mol. The van der Waals surface area contributed by atoms with E-state index in [1.807, 2.05) is 42.4 Å². The van der Waals surface area contributed by atoms with Gasteiger partial charge in [0.2, 0.25) is 0 Å². The fourth-order valence-electron chi connectivity index (χ4n) is 3.55. The van der Waals surface area contributed by atoms with Crippen LogP contribution in [0.2, 0.25) is 0 Å². The Morgan fingerprint density at radius 1 is 1.28 bits per heavy atom. The van der Waals surface area contributed by atoms with Crippen molar-refractivity contribution in [1.82, 2.24) is 14.5 Å². The number of fused-ring (bicyclic) bond motifs is 1. The Kier molecular flexibility index (Phi) is 3.92. The molecule has 0 spiro atoms. The lowest BCUT2D eigenvalue weighted by molar-refractivity contribution is 0.0499. The third-order valence-corrected chi connectivity index (χ3v) is 4.90. The van der Waals surface area contributed by atoms with Gasteiger partial charge in [0.1, 0.15) is 5.75 Å². The molecule has 3 aromatic rings. The van der Waals surface area contributed by atoms with Gasteiger partial charge in [0.15, 0.2) is 0 Å². The lowest BCUT2D eigenvalue weighted by atomic mass is 9.93. The Balaban J connectivity index is 1.43. The van der Waals surface area contributed by atoms with Crippen molar-refractivity contribution in [2.45, 2.75) is 6.42 Å². The molecule has 1 amide bonds. The van der Waals surface area contributed by atoms with Crippen LogP contribution < -0.4 is 4.74 Å². The number of aromatic nitrogens is 2. The van der Waals surface area contributed by atoms with Crippen LogP contribution in [0.4, 0.5) is 0 Å². The molecule has 25 heavy (non-hydrogen) atoms. The highest BCUT2D eigenvalue weighted by Gasteiger charge is 2.32. The minimum absolute atomic E-state index is 0.0696. The molecule has 2 aromatic heterocycles. The van der Waals surface area contributed by atoms with Crippen molar-refractivity contribution in [2.24, 2.45) is 13.0 Å². The summed E-state index contributed by atoms with van der Waals surface area (Å²) in [6.45, 7) is 1.55. The molecule has 1 aromatic carbocycles. The van der Waals surface area contributed by atoms with E-state index in [2.05, 4.69) is 21.8 Å². The molecule has 0 atom stereocenters. The molecule has 1 aliphatic rings. The zero-order valence-corrected chi connectivity index (χ0v) is 14.5. The topological polar surface area (TPSA) is 47.4 Å². The number of nitrogens with zero attached hydrogens (tertiary/aromatic N) is 3. The summed E-state index contributed by atoms with van der Waals surface area (Å²) in [5.74, 6) is 1.24. The highest BCUT2D eigenvalue weighted by atomic mass is 16.5. The van der Waals surface area contributed by atoms with Gasteiger partial charge in [-0.1, -0.05) is 6.07 Å². The number of ether oxygens (including phenoxy) is 1. The first-order valence-electron chi connectivity index (χ1n) is 8.48. The number of carbonyl (C=O) groups is 1. The quantitative estimate of drug-likeness (QED) is 0.736. The molecule has 0 radical (unpaired) electrons. The van der Waals surface area contributed by atoms with E-state index in [1.54, 1.807) is 13.2 Å². The summed E-state index contributed by atoms with van der Waals surface area (Å²) >= 11 is 0. The van der Waals surface area contributed by atoms with Crippen LogP contribution in [0.3, 0.4) is 0 Å². The zero-order valence-electron chi connectivity index (χ0n) is 14.5. The van der Waals surface area contributed by atoms with Crippen molar-refractivity contribution in [3.63, 3.8) is 0 Å². The predicted molar refractivity (Wildman–Crippen MR) is 96.8 cm³/mol. The van der Waals surface area contributed by atoms with Crippen LogP contribution in [0.1, 0.15) is 16.1 Å². The molecule has 0 unspecified atom stereocenters. The number of likely N-dealkylation sites (tertiary alicyclic amines) is 1. The van der Waals surface area contributed by atoms with Crippen LogP contribution in [-0.4, -0.2) is 40.6 Å². The zero-order chi connectivity index (χ0) is 17.4. The molecule has 5 nitrogen and oxygen atoms in total. The number of pyridine rings is 1. The summed E-state index contributed by atoms with van der Waals surface area (Å²) < 4.78 is 7.32. The molecule has 0 bridgehead atoms. The van der Waals surface area contributed by atoms with Gasteiger partial charge in [0, 0.05) is 43.5 Å². The second kappa shape index (κ2) is 6.24. The van der Waals surface area contributed by atoms with Crippen molar-refractivity contribution in [2.75, 3.05) is 20.2 Å². The Labute approximate surface area is 146 Å². The standard InChI is InChI=1S/C20H21N3O2/c1-22-9-7-15-6-8-21-18(19(15)22)10-14-12-23(13-14)20(24)16-4-3-5-17(11-16)25-2/h3-9,11,14H,10,12-13H2,1-2H3. The number of methoxy groups -OCH3 is 1. The summed E-state index contributed by atoms with van der Waals surface area (Å²) in [5.41, 5.74) is 2.99. The molecule has 128 valence electrons. The maximum absolute atomic E-state index is 12.6. The maximum Gasteiger partial charge on any atom is 0.254 e. The van der Waals surface area contributed by atoms with E-state index < -0.39 is 0 Å². The number of amides is 1. The van der Waals surface area contributed by atoms with Gasteiger partial charge in [-0.2, -0.15) is 0 Å². The summed E-state index contributed by atoms with van der Waals surface area (Å²) in [7, 11) is 3.66. The van der Waals surface area contributed by atoms with Crippen molar-refractivity contribution in [1.29, 1.82) is 0 Å². The molecular weight excluding hydrogens is 314 g/mol. The van der Waals surface area contributed by atoms with Crippen molar-refractivity contribution >= 4 is 16.8 Å². The molecule has 0 aliphatic carbocycles. The molecule has 0 saturated carbocycles. The highest BCUT2D eigenvalue weighted by molar-refractivity contribution is 5.95. The van der Waals surface area contributed by atoms with Crippen LogP contribution in [0.25, 0.3) is 10.9 Å². The van der Waals surface area contributed by atoms with E-state index in [1.165, 1.54) is 10.9 Å². The normalized spacial score (nSPS) is 14.6. The molecule has 3 heterocycles. The number of rotatable bonds is 4. The SMILES string of the molecule is COc1cccc(C(=O)N2CC(Cc3nccc4ccn(C)c34)C2)c1. The van der Waals surface area contributed by atoms with Gasteiger partial charge in [-0.15, -0.1) is 0 Å². The number of aryl methyl sites for hydroxylation is 1. The second-order valence-corrected chi connectivity index (χ2v) is 6.63. The van der Waals surface area contributed by atoms with Gasteiger partial charge in [-0.3, -0.25) is 9.78 Å². The fourth-order valence-corrected chi connectivity index (χ4v) is 3.55. The van der Waals surface area contributed by atoms with Crippen molar-refractivity contribution < 1.29 is 9.53 Å². The number of hydrogen-bond donors (Lipinski definition) is 0. The first-order chi connectivity index (χ1) is 12.2. The smallest absolute Gasteiger partial charge is 0.254 e. The van der Waals surface area contributed by atoms with Crippen LogP contribution in [0.5, 0.6) is 5.75 Å². The van der Waals surface area contributed by atoms with E-state index >= 15 is 0 Å². The first-order valence-corrected chi connectivity index (χ1v) is 8.48. The second-order valence-electron chi connectivity index (χ2n) is 6.63. The molecule has 5 heteroatoms. The summed E-state index contributed by atoms with van der Waals surface area (Å²) in [6.07, 6.45) is 4.84. The van der Waals surface area contributed by atoms with Crippen molar-refractivity contribution in [3.8, 4) is 5.75 Å². The largest absolute Gasteiger partial charge is 0.497 e. The Hall–Kier alpha value is -2.82. The molecule has 1 aliphatic heterocycles. The van der Waals surface area contributed by atoms with E-state index in [9.17, 15) is 4.79 Å².